The zero-order valence-electron chi connectivity index (χ0n) is 33.3. The smallest absolute Gasteiger partial charge is 0.180 e. The van der Waals surface area contributed by atoms with Crippen LogP contribution in [0.25, 0.3) is 131 Å². The molecule has 0 saturated carbocycles. The lowest BCUT2D eigenvalue weighted by Crippen LogP contribution is -1.94. The van der Waals surface area contributed by atoms with Gasteiger partial charge >= 0.3 is 0 Å². The molecular formula is C58H34N2OS. The Morgan fingerprint density at radius 3 is 1.63 bits per heavy atom. The van der Waals surface area contributed by atoms with Gasteiger partial charge in [0.25, 0.3) is 0 Å². The zero-order chi connectivity index (χ0) is 40.7. The SMILES string of the molecule is c1ccc(-c2nc(-c3cccc(-c4cccc5c4sc4ccccc45)c3)nc3c2oc2ccc(-c4cccc(-c5ccc6c7ccccc7c7ccccc7c6c5)c4)cc23)cc1. The molecule has 0 saturated heterocycles. The van der Waals surface area contributed by atoms with Gasteiger partial charge in [0.2, 0.25) is 0 Å². The highest BCUT2D eigenvalue weighted by Gasteiger charge is 2.20. The van der Waals surface area contributed by atoms with Crippen LogP contribution in [0.5, 0.6) is 0 Å². The summed E-state index contributed by atoms with van der Waals surface area (Å²) in [5.74, 6) is 0.661. The summed E-state index contributed by atoms with van der Waals surface area (Å²) in [6.07, 6.45) is 0. The van der Waals surface area contributed by atoms with Crippen LogP contribution < -0.4 is 0 Å². The fraction of sp³-hybridized carbons (Fsp3) is 0. The lowest BCUT2D eigenvalue weighted by Gasteiger charge is -2.12. The molecule has 10 aromatic carbocycles. The maximum atomic E-state index is 6.67. The Balaban J connectivity index is 0.945. The molecule has 0 unspecified atom stereocenters. The standard InChI is InChI=1S/C58H34N2OS/c1-2-13-35(14-3-1)54-56-55(60-58(59-54)41-18-11-17-40(32-41)42-24-12-25-49-48-23-8-9-26-53(48)62-57(42)49)51-34-39(28-30-52(51)61-56)37-16-10-15-36(31-37)38-27-29-47-45-21-5-4-19-43(45)44-20-6-7-22-46(44)50(47)33-38/h1-34H. The number of benzene rings is 10. The van der Waals surface area contributed by atoms with Crippen molar-refractivity contribution in [2.45, 2.75) is 0 Å². The lowest BCUT2D eigenvalue weighted by atomic mass is 9.91. The Bertz CT molecular complexity index is 3900. The van der Waals surface area contributed by atoms with Crippen molar-refractivity contribution >= 4 is 85.9 Å². The predicted molar refractivity (Wildman–Crippen MR) is 262 cm³/mol. The molecule has 0 aliphatic heterocycles. The quantitative estimate of drug-likeness (QED) is 0.163. The average molecular weight is 807 g/mol. The van der Waals surface area contributed by atoms with E-state index in [1.807, 2.05) is 29.5 Å². The van der Waals surface area contributed by atoms with Gasteiger partial charge in [0.15, 0.2) is 11.4 Å². The average Bonchev–Trinajstić information content (AvgIpc) is 3.92. The van der Waals surface area contributed by atoms with Crippen LogP contribution in [-0.4, -0.2) is 9.97 Å². The van der Waals surface area contributed by atoms with Crippen LogP contribution in [0, 0.1) is 0 Å². The number of nitrogens with zero attached hydrogens (tertiary/aromatic N) is 2. The minimum Gasteiger partial charge on any atom is -0.452 e. The Hall–Kier alpha value is -7.92. The topological polar surface area (TPSA) is 38.9 Å². The van der Waals surface area contributed by atoms with E-state index in [0.29, 0.717) is 11.4 Å². The second-order valence-corrected chi connectivity index (χ2v) is 17.1. The summed E-state index contributed by atoms with van der Waals surface area (Å²) < 4.78 is 9.24. The molecule has 3 heterocycles. The fourth-order valence-electron chi connectivity index (χ4n) is 9.51. The number of hydrogen-bond acceptors (Lipinski definition) is 4. The minimum absolute atomic E-state index is 0.661. The van der Waals surface area contributed by atoms with E-state index in [0.717, 1.165) is 50.0 Å². The van der Waals surface area contributed by atoms with E-state index in [2.05, 4.69) is 188 Å². The molecule has 4 heteroatoms. The van der Waals surface area contributed by atoms with E-state index in [-0.39, 0.29) is 0 Å². The normalized spacial score (nSPS) is 11.9. The van der Waals surface area contributed by atoms with Crippen molar-refractivity contribution in [1.82, 2.24) is 9.97 Å². The summed E-state index contributed by atoms with van der Waals surface area (Å²) in [6.45, 7) is 0. The van der Waals surface area contributed by atoms with Gasteiger partial charge < -0.3 is 4.42 Å². The van der Waals surface area contributed by atoms with Crippen LogP contribution in [-0.2, 0) is 0 Å². The van der Waals surface area contributed by atoms with E-state index >= 15 is 0 Å². The molecule has 0 spiro atoms. The number of thiophene rings is 1. The molecule has 13 rings (SSSR count). The molecule has 0 aliphatic carbocycles. The summed E-state index contributed by atoms with van der Waals surface area (Å²) in [7, 11) is 0. The monoisotopic (exact) mass is 806 g/mol. The third-order valence-electron chi connectivity index (χ3n) is 12.5. The Morgan fingerprint density at radius 1 is 0.339 bits per heavy atom. The van der Waals surface area contributed by atoms with Gasteiger partial charge in [-0.2, -0.15) is 0 Å². The van der Waals surface area contributed by atoms with Crippen molar-refractivity contribution in [3.8, 4) is 56.0 Å². The van der Waals surface area contributed by atoms with Gasteiger partial charge in [0.05, 0.1) is 0 Å². The van der Waals surface area contributed by atoms with E-state index in [1.165, 1.54) is 69.2 Å². The minimum atomic E-state index is 0.661. The van der Waals surface area contributed by atoms with Gasteiger partial charge in [-0.1, -0.05) is 170 Å². The Kier molecular flexibility index (Phi) is 7.78. The van der Waals surface area contributed by atoms with E-state index in [1.54, 1.807) is 0 Å². The largest absolute Gasteiger partial charge is 0.452 e. The first-order valence-corrected chi connectivity index (χ1v) is 21.8. The van der Waals surface area contributed by atoms with Gasteiger partial charge in [-0.05, 0) is 102 Å². The molecule has 0 bridgehead atoms. The Labute approximate surface area is 360 Å². The molecule has 3 nitrogen and oxygen atoms in total. The number of rotatable bonds is 5. The number of furan rings is 1. The molecule has 0 aliphatic rings. The van der Waals surface area contributed by atoms with Gasteiger partial charge in [0, 0.05) is 36.7 Å². The maximum Gasteiger partial charge on any atom is 0.180 e. The van der Waals surface area contributed by atoms with Crippen molar-refractivity contribution < 1.29 is 4.42 Å². The molecule has 0 N–H and O–H groups in total. The second-order valence-electron chi connectivity index (χ2n) is 16.0. The van der Waals surface area contributed by atoms with Gasteiger partial charge in [-0.25, -0.2) is 9.97 Å². The van der Waals surface area contributed by atoms with Crippen molar-refractivity contribution in [3.05, 3.63) is 206 Å². The lowest BCUT2D eigenvalue weighted by molar-refractivity contribution is 0.667. The van der Waals surface area contributed by atoms with Crippen molar-refractivity contribution in [3.63, 3.8) is 0 Å². The molecule has 0 radical (unpaired) electrons. The van der Waals surface area contributed by atoms with Crippen molar-refractivity contribution in [1.29, 1.82) is 0 Å². The highest BCUT2D eigenvalue weighted by Crippen LogP contribution is 2.43. The summed E-state index contributed by atoms with van der Waals surface area (Å²) >= 11 is 1.84. The zero-order valence-corrected chi connectivity index (χ0v) is 34.2. The van der Waals surface area contributed by atoms with E-state index in [9.17, 15) is 0 Å². The molecule has 0 fully saturated rings. The van der Waals surface area contributed by atoms with Crippen LogP contribution in [0.3, 0.4) is 0 Å². The first kappa shape index (κ1) is 34.9. The van der Waals surface area contributed by atoms with Crippen LogP contribution in [0.15, 0.2) is 211 Å². The first-order chi connectivity index (χ1) is 30.7. The summed E-state index contributed by atoms with van der Waals surface area (Å²) in [5.41, 5.74) is 11.9. The number of fused-ring (bicyclic) bond motifs is 12. The third-order valence-corrected chi connectivity index (χ3v) is 13.7. The molecule has 0 amide bonds. The predicted octanol–water partition coefficient (Wildman–Crippen LogP) is 16.5. The van der Waals surface area contributed by atoms with Gasteiger partial charge in [-0.3, -0.25) is 0 Å². The van der Waals surface area contributed by atoms with Crippen LogP contribution in [0.2, 0.25) is 0 Å². The molecule has 62 heavy (non-hydrogen) atoms. The fourth-order valence-corrected chi connectivity index (χ4v) is 10.7. The molecule has 288 valence electrons. The van der Waals surface area contributed by atoms with Crippen LogP contribution >= 0.6 is 11.3 Å². The molecular weight excluding hydrogens is 773 g/mol. The van der Waals surface area contributed by atoms with Gasteiger partial charge in [-0.15, -0.1) is 11.3 Å². The number of hydrogen-bond donors (Lipinski definition) is 0. The highest BCUT2D eigenvalue weighted by atomic mass is 32.1. The van der Waals surface area contributed by atoms with Crippen LogP contribution in [0.4, 0.5) is 0 Å². The van der Waals surface area contributed by atoms with E-state index < -0.39 is 0 Å². The third kappa shape index (κ3) is 5.51. The summed E-state index contributed by atoms with van der Waals surface area (Å²) in [5, 5.41) is 11.2. The van der Waals surface area contributed by atoms with Gasteiger partial charge in [0.1, 0.15) is 16.8 Å². The van der Waals surface area contributed by atoms with Crippen molar-refractivity contribution in [2.75, 3.05) is 0 Å². The molecule has 0 atom stereocenters. The van der Waals surface area contributed by atoms with E-state index in [4.69, 9.17) is 14.4 Å². The first-order valence-electron chi connectivity index (χ1n) is 21.0. The molecule has 13 aromatic rings. The molecule has 3 aromatic heterocycles. The summed E-state index contributed by atoms with van der Waals surface area (Å²) in [4.78, 5) is 10.6. The Morgan fingerprint density at radius 2 is 0.871 bits per heavy atom. The highest BCUT2D eigenvalue weighted by molar-refractivity contribution is 7.26. The maximum absolute atomic E-state index is 6.67. The second kappa shape index (κ2) is 13.8. The van der Waals surface area contributed by atoms with Crippen LogP contribution in [0.1, 0.15) is 0 Å². The van der Waals surface area contributed by atoms with Crippen molar-refractivity contribution in [2.24, 2.45) is 0 Å². The summed E-state index contributed by atoms with van der Waals surface area (Å²) in [6, 6.07) is 73.9. The number of aromatic nitrogens is 2.